The van der Waals surface area contributed by atoms with Crippen LogP contribution < -0.4 is 16.2 Å². The molecular formula is C14H19N3O2. The van der Waals surface area contributed by atoms with E-state index in [-0.39, 0.29) is 11.5 Å². The number of hydrogen-bond donors (Lipinski definition) is 2. The van der Waals surface area contributed by atoms with Gasteiger partial charge in [-0.15, -0.1) is 0 Å². The van der Waals surface area contributed by atoms with Crippen molar-refractivity contribution in [2.75, 3.05) is 13.1 Å². The maximum Gasteiger partial charge on any atom is 0.251 e. The molecule has 1 saturated heterocycles. The van der Waals surface area contributed by atoms with Crippen molar-refractivity contribution in [3.05, 3.63) is 33.7 Å². The highest BCUT2D eigenvalue weighted by molar-refractivity contribution is 5.72. The van der Waals surface area contributed by atoms with E-state index in [1.807, 2.05) is 4.57 Å². The number of hydrogen-bond acceptors (Lipinski definition) is 3. The van der Waals surface area contributed by atoms with Crippen molar-refractivity contribution in [2.45, 2.75) is 32.4 Å². The Morgan fingerprint density at radius 3 is 3.11 bits per heavy atom. The molecule has 2 N–H and O–H groups in total. The number of amides is 1. The number of fused-ring (bicyclic) bond motifs is 4. The van der Waals surface area contributed by atoms with E-state index in [2.05, 4.69) is 16.7 Å². The summed E-state index contributed by atoms with van der Waals surface area (Å²) in [4.78, 5) is 23.1. The van der Waals surface area contributed by atoms with E-state index in [1.54, 1.807) is 6.07 Å². The summed E-state index contributed by atoms with van der Waals surface area (Å²) >= 11 is 0. The van der Waals surface area contributed by atoms with Crippen LogP contribution in [0.4, 0.5) is 0 Å². The summed E-state index contributed by atoms with van der Waals surface area (Å²) in [5.41, 5.74) is 2.08. The van der Waals surface area contributed by atoms with Gasteiger partial charge in [-0.3, -0.25) is 9.59 Å². The summed E-state index contributed by atoms with van der Waals surface area (Å²) in [5, 5.41) is 6.18. The lowest BCUT2D eigenvalue weighted by Gasteiger charge is -2.37. The molecule has 1 amide bonds. The molecule has 1 unspecified atom stereocenters. The average molecular weight is 261 g/mol. The van der Waals surface area contributed by atoms with Gasteiger partial charge in [0.15, 0.2) is 0 Å². The Balaban J connectivity index is 1.94. The van der Waals surface area contributed by atoms with Gasteiger partial charge in [0.25, 0.3) is 5.56 Å². The van der Waals surface area contributed by atoms with Gasteiger partial charge in [0, 0.05) is 44.2 Å². The van der Waals surface area contributed by atoms with E-state index < -0.39 is 0 Å². The van der Waals surface area contributed by atoms with Crippen LogP contribution in [-0.2, 0) is 17.9 Å². The van der Waals surface area contributed by atoms with E-state index >= 15 is 0 Å². The van der Waals surface area contributed by atoms with Crippen LogP contribution >= 0.6 is 0 Å². The molecule has 1 fully saturated rings. The summed E-state index contributed by atoms with van der Waals surface area (Å²) in [6.45, 7) is 4.69. The Labute approximate surface area is 112 Å². The summed E-state index contributed by atoms with van der Waals surface area (Å²) < 4.78 is 1.91. The Bertz CT molecular complexity index is 564. The predicted molar refractivity (Wildman–Crippen MR) is 71.9 cm³/mol. The second kappa shape index (κ2) is 4.81. The van der Waals surface area contributed by atoms with Crippen molar-refractivity contribution in [2.24, 2.45) is 5.92 Å². The number of pyridine rings is 1. The van der Waals surface area contributed by atoms with Gasteiger partial charge in [0.05, 0.1) is 0 Å². The molecule has 2 atom stereocenters. The molecule has 5 nitrogen and oxygen atoms in total. The highest BCUT2D eigenvalue weighted by atomic mass is 16.1. The van der Waals surface area contributed by atoms with E-state index in [1.165, 1.54) is 6.92 Å². The van der Waals surface area contributed by atoms with Crippen LogP contribution in [0.2, 0.25) is 0 Å². The lowest BCUT2D eigenvalue weighted by molar-refractivity contribution is -0.119. The van der Waals surface area contributed by atoms with E-state index in [0.29, 0.717) is 18.4 Å². The van der Waals surface area contributed by atoms with Crippen LogP contribution in [0, 0.1) is 5.92 Å². The maximum atomic E-state index is 12.2. The fourth-order valence-electron chi connectivity index (χ4n) is 3.19. The topological polar surface area (TPSA) is 63.1 Å². The molecule has 0 radical (unpaired) electrons. The molecule has 3 rings (SSSR count). The molecule has 1 aromatic rings. The molecule has 2 aliphatic rings. The number of rotatable bonds is 2. The van der Waals surface area contributed by atoms with Crippen LogP contribution in [0.3, 0.4) is 0 Å². The third-order valence-electron chi connectivity index (χ3n) is 4.06. The minimum atomic E-state index is -0.0720. The van der Waals surface area contributed by atoms with Crippen molar-refractivity contribution in [1.29, 1.82) is 0 Å². The normalized spacial score (nSPS) is 24.7. The first-order chi connectivity index (χ1) is 9.13. The number of piperidine rings is 1. The number of carbonyl (C=O) groups excluding carboxylic acids is 1. The summed E-state index contributed by atoms with van der Waals surface area (Å²) in [5.74, 6) is 0.930. The number of nitrogens with one attached hydrogen (secondary N) is 2. The number of carbonyl (C=O) groups is 1. The molecule has 1 aromatic heterocycles. The van der Waals surface area contributed by atoms with Gasteiger partial charge in [-0.2, -0.15) is 0 Å². The molecule has 2 bridgehead atoms. The van der Waals surface area contributed by atoms with E-state index in [9.17, 15) is 9.59 Å². The number of aromatic nitrogens is 1. The average Bonchev–Trinajstić information content (AvgIpc) is 2.38. The molecule has 2 aliphatic heterocycles. The fraction of sp³-hybridized carbons (Fsp3) is 0.571. The third kappa shape index (κ3) is 2.42. The van der Waals surface area contributed by atoms with Crippen molar-refractivity contribution in [1.82, 2.24) is 15.2 Å². The monoisotopic (exact) mass is 261 g/mol. The van der Waals surface area contributed by atoms with Gasteiger partial charge in [0.2, 0.25) is 5.91 Å². The molecule has 0 aliphatic carbocycles. The second-order valence-corrected chi connectivity index (χ2v) is 5.60. The lowest BCUT2D eigenvalue weighted by Crippen LogP contribution is -2.45. The molecule has 19 heavy (non-hydrogen) atoms. The van der Waals surface area contributed by atoms with E-state index in [4.69, 9.17) is 0 Å². The molecule has 0 saturated carbocycles. The minimum Gasteiger partial charge on any atom is -0.352 e. The molecule has 5 heteroatoms. The van der Waals surface area contributed by atoms with Crippen LogP contribution in [0.5, 0.6) is 0 Å². The van der Waals surface area contributed by atoms with Crippen LogP contribution in [0.25, 0.3) is 0 Å². The lowest BCUT2D eigenvalue weighted by atomic mass is 9.84. The maximum absolute atomic E-state index is 12.2. The van der Waals surface area contributed by atoms with Crippen LogP contribution in [0.1, 0.15) is 30.5 Å². The highest BCUT2D eigenvalue weighted by Crippen LogP contribution is 2.31. The van der Waals surface area contributed by atoms with Crippen molar-refractivity contribution < 1.29 is 4.79 Å². The second-order valence-electron chi connectivity index (χ2n) is 5.60. The first-order valence-electron chi connectivity index (χ1n) is 6.82. The molecular weight excluding hydrogens is 242 g/mol. The van der Waals surface area contributed by atoms with Gasteiger partial charge in [-0.1, -0.05) is 0 Å². The Morgan fingerprint density at radius 2 is 2.32 bits per heavy atom. The first-order valence-corrected chi connectivity index (χ1v) is 6.82. The first kappa shape index (κ1) is 12.4. The standard InChI is InChI=1S/C14H19N3O2/c1-9(18)16-6-10-3-13-12-2-11(5-15-7-12)8-17(13)14(19)4-10/h3-4,11-12,15H,2,5-8H2,1H3,(H,16,18)/t11?,12-/m0/s1. The van der Waals surface area contributed by atoms with Crippen LogP contribution in [0.15, 0.2) is 16.9 Å². The molecule has 102 valence electrons. The zero-order valence-electron chi connectivity index (χ0n) is 11.1. The summed E-state index contributed by atoms with van der Waals surface area (Å²) in [6.07, 6.45) is 1.16. The van der Waals surface area contributed by atoms with Crippen molar-refractivity contribution >= 4 is 5.91 Å². The molecule has 0 spiro atoms. The summed E-state index contributed by atoms with van der Waals surface area (Å²) in [7, 11) is 0. The zero-order valence-corrected chi connectivity index (χ0v) is 11.1. The van der Waals surface area contributed by atoms with Gasteiger partial charge in [-0.25, -0.2) is 0 Å². The zero-order chi connectivity index (χ0) is 13.4. The predicted octanol–water partition coefficient (Wildman–Crippen LogP) is 0.191. The quantitative estimate of drug-likeness (QED) is 0.799. The molecule has 3 heterocycles. The largest absolute Gasteiger partial charge is 0.352 e. The van der Waals surface area contributed by atoms with Crippen molar-refractivity contribution in [3.8, 4) is 0 Å². The van der Waals surface area contributed by atoms with Gasteiger partial charge in [0.1, 0.15) is 0 Å². The third-order valence-corrected chi connectivity index (χ3v) is 4.06. The summed E-state index contributed by atoms with van der Waals surface area (Å²) in [6, 6.07) is 3.72. The Kier molecular flexibility index (Phi) is 3.14. The fourth-order valence-corrected chi connectivity index (χ4v) is 3.19. The minimum absolute atomic E-state index is 0.0643. The SMILES string of the molecule is CC(=O)NCc1cc2n(c(=O)c1)CC1CNC[C@@H]2C1. The molecule has 0 aromatic carbocycles. The van der Waals surface area contributed by atoms with Gasteiger partial charge < -0.3 is 15.2 Å². The smallest absolute Gasteiger partial charge is 0.251 e. The van der Waals surface area contributed by atoms with Crippen molar-refractivity contribution in [3.63, 3.8) is 0 Å². The Morgan fingerprint density at radius 1 is 1.47 bits per heavy atom. The van der Waals surface area contributed by atoms with Gasteiger partial charge in [-0.05, 0) is 30.5 Å². The highest BCUT2D eigenvalue weighted by Gasteiger charge is 2.30. The Hall–Kier alpha value is -1.62. The van der Waals surface area contributed by atoms with Crippen LogP contribution in [-0.4, -0.2) is 23.6 Å². The number of nitrogens with zero attached hydrogens (tertiary/aromatic N) is 1. The van der Waals surface area contributed by atoms with Gasteiger partial charge >= 0.3 is 0 Å². The van der Waals surface area contributed by atoms with E-state index in [0.717, 1.165) is 37.3 Å².